The van der Waals surface area contributed by atoms with E-state index in [4.69, 9.17) is 16.3 Å². The summed E-state index contributed by atoms with van der Waals surface area (Å²) in [5, 5.41) is 10.6. The van der Waals surface area contributed by atoms with Crippen molar-refractivity contribution in [1.29, 1.82) is 0 Å². The smallest absolute Gasteiger partial charge is 0.312 e. The number of halogens is 3. The molecule has 0 atom stereocenters. The molecule has 0 aliphatic rings. The van der Waals surface area contributed by atoms with Gasteiger partial charge in [-0.15, -0.1) is 0 Å². The molecule has 1 aromatic heterocycles. The minimum Gasteiger partial charge on any atom is -0.428 e. The predicted molar refractivity (Wildman–Crippen MR) is 67.9 cm³/mol. The van der Waals surface area contributed by atoms with Gasteiger partial charge in [-0.2, -0.15) is 9.37 Å². The van der Waals surface area contributed by atoms with Gasteiger partial charge in [-0.25, -0.2) is 4.98 Å². The topological polar surface area (TPSA) is 78.2 Å². The quantitative estimate of drug-likeness (QED) is 0.480. The monoisotopic (exact) mass is 347 g/mol. The Balaban J connectivity index is 2.49. The molecule has 1 aromatic carbocycles. The summed E-state index contributed by atoms with van der Waals surface area (Å²) in [6, 6.07) is 4.20. The van der Waals surface area contributed by atoms with E-state index in [1.807, 2.05) is 0 Å². The molecule has 0 aliphatic heterocycles. The maximum atomic E-state index is 13.4. The van der Waals surface area contributed by atoms with Crippen LogP contribution in [-0.4, -0.2) is 14.9 Å². The van der Waals surface area contributed by atoms with Crippen molar-refractivity contribution in [2.24, 2.45) is 0 Å². The van der Waals surface area contributed by atoms with E-state index in [-0.39, 0.29) is 21.2 Å². The molecule has 0 spiro atoms. The third-order valence-corrected chi connectivity index (χ3v) is 2.83. The van der Waals surface area contributed by atoms with E-state index in [0.29, 0.717) is 0 Å². The summed E-state index contributed by atoms with van der Waals surface area (Å²) < 4.78 is 18.8. The van der Waals surface area contributed by atoms with Crippen LogP contribution in [0.5, 0.6) is 11.6 Å². The molecule has 98 valence electrons. The van der Waals surface area contributed by atoms with Crippen LogP contribution >= 0.6 is 27.5 Å². The summed E-state index contributed by atoms with van der Waals surface area (Å²) in [5.74, 6) is -1.54. The molecular formula is C10H4BrClFN3O3. The first kappa shape index (κ1) is 13.6. The molecule has 0 saturated carbocycles. The molecule has 0 N–H and O–H groups in total. The molecule has 0 radical (unpaired) electrons. The van der Waals surface area contributed by atoms with Crippen molar-refractivity contribution in [2.75, 3.05) is 0 Å². The van der Waals surface area contributed by atoms with Crippen molar-refractivity contribution in [3.63, 3.8) is 0 Å². The first-order valence-corrected chi connectivity index (χ1v) is 5.95. The van der Waals surface area contributed by atoms with E-state index in [1.54, 1.807) is 0 Å². The Labute approximate surface area is 119 Å². The van der Waals surface area contributed by atoms with Crippen LogP contribution in [0.25, 0.3) is 0 Å². The summed E-state index contributed by atoms with van der Waals surface area (Å²) in [4.78, 5) is 17.2. The zero-order chi connectivity index (χ0) is 14.0. The number of nitro groups is 1. The van der Waals surface area contributed by atoms with Crippen LogP contribution in [0.2, 0.25) is 5.28 Å². The number of rotatable bonds is 3. The Morgan fingerprint density at radius 1 is 1.47 bits per heavy atom. The molecule has 2 aromatic rings. The normalized spacial score (nSPS) is 10.3. The fourth-order valence-electron chi connectivity index (χ4n) is 1.24. The van der Waals surface area contributed by atoms with E-state index in [2.05, 4.69) is 25.9 Å². The van der Waals surface area contributed by atoms with Crippen molar-refractivity contribution in [2.45, 2.75) is 0 Å². The average molecular weight is 349 g/mol. The van der Waals surface area contributed by atoms with Crippen LogP contribution in [0.1, 0.15) is 0 Å². The van der Waals surface area contributed by atoms with Crippen LogP contribution in [0.4, 0.5) is 10.1 Å². The van der Waals surface area contributed by atoms with Gasteiger partial charge in [0.25, 0.3) is 5.88 Å². The Bertz CT molecular complexity index is 656. The lowest BCUT2D eigenvalue weighted by Crippen LogP contribution is -1.98. The molecule has 9 heteroatoms. The molecular weight excluding hydrogens is 344 g/mol. The number of nitro benzene ring substituents is 1. The number of para-hydroxylation sites is 1. The second-order valence-electron chi connectivity index (χ2n) is 3.24. The molecule has 19 heavy (non-hydrogen) atoms. The fourth-order valence-corrected chi connectivity index (χ4v) is 1.80. The van der Waals surface area contributed by atoms with Crippen LogP contribution in [0, 0.1) is 15.9 Å². The first-order chi connectivity index (χ1) is 8.99. The van der Waals surface area contributed by atoms with E-state index < -0.39 is 16.6 Å². The largest absolute Gasteiger partial charge is 0.428 e. The highest BCUT2D eigenvalue weighted by atomic mass is 79.9. The molecule has 6 nitrogen and oxygen atoms in total. The summed E-state index contributed by atoms with van der Waals surface area (Å²) in [6.45, 7) is 0. The molecule has 2 rings (SSSR count). The van der Waals surface area contributed by atoms with Crippen molar-refractivity contribution in [3.8, 4) is 11.6 Å². The lowest BCUT2D eigenvalue weighted by Gasteiger charge is -2.07. The van der Waals surface area contributed by atoms with E-state index in [1.165, 1.54) is 18.2 Å². The molecule has 0 amide bonds. The van der Waals surface area contributed by atoms with Gasteiger partial charge in [0.1, 0.15) is 0 Å². The van der Waals surface area contributed by atoms with Crippen LogP contribution in [0.15, 0.2) is 28.9 Å². The van der Waals surface area contributed by atoms with Crippen molar-refractivity contribution >= 4 is 33.2 Å². The third kappa shape index (κ3) is 2.96. The van der Waals surface area contributed by atoms with Gasteiger partial charge in [-0.3, -0.25) is 10.1 Å². The summed E-state index contributed by atoms with van der Waals surface area (Å²) in [6.07, 6.45) is 0.813. The Morgan fingerprint density at radius 2 is 2.21 bits per heavy atom. The predicted octanol–water partition coefficient (Wildman–Crippen LogP) is 3.73. The summed E-state index contributed by atoms with van der Waals surface area (Å²) in [5.41, 5.74) is -0.330. The van der Waals surface area contributed by atoms with Crippen molar-refractivity contribution < 1.29 is 14.1 Å². The standard InChI is InChI=1S/C10H4BrClFN3O3/c11-5-2-1-3-7(16(17)18)8(5)19-9-6(13)4-14-10(12)15-9/h1-4H. The number of hydrogen-bond donors (Lipinski definition) is 0. The fraction of sp³-hybridized carbons (Fsp3) is 0. The molecule has 0 saturated heterocycles. The molecule has 0 fully saturated rings. The first-order valence-electron chi connectivity index (χ1n) is 4.78. The molecule has 0 aliphatic carbocycles. The van der Waals surface area contributed by atoms with Gasteiger partial charge in [0.15, 0.2) is 0 Å². The highest BCUT2D eigenvalue weighted by molar-refractivity contribution is 9.10. The van der Waals surface area contributed by atoms with E-state index in [0.717, 1.165) is 6.20 Å². The van der Waals surface area contributed by atoms with Gasteiger partial charge < -0.3 is 4.74 Å². The summed E-state index contributed by atoms with van der Waals surface area (Å²) >= 11 is 8.60. The van der Waals surface area contributed by atoms with Crippen molar-refractivity contribution in [1.82, 2.24) is 9.97 Å². The lowest BCUT2D eigenvalue weighted by atomic mass is 10.3. The number of ether oxygens (including phenoxy) is 1. The molecule has 0 bridgehead atoms. The zero-order valence-electron chi connectivity index (χ0n) is 9.01. The van der Waals surface area contributed by atoms with E-state index in [9.17, 15) is 14.5 Å². The summed E-state index contributed by atoms with van der Waals surface area (Å²) in [7, 11) is 0. The van der Waals surface area contributed by atoms with E-state index >= 15 is 0 Å². The van der Waals surface area contributed by atoms with Gasteiger partial charge in [-0.05, 0) is 33.6 Å². The minimum atomic E-state index is -0.880. The van der Waals surface area contributed by atoms with Gasteiger partial charge >= 0.3 is 5.69 Å². The Morgan fingerprint density at radius 3 is 2.89 bits per heavy atom. The highest BCUT2D eigenvalue weighted by Gasteiger charge is 2.21. The second kappa shape index (κ2) is 5.45. The maximum absolute atomic E-state index is 13.4. The molecule has 1 heterocycles. The van der Waals surface area contributed by atoms with Gasteiger partial charge in [-0.1, -0.05) is 6.07 Å². The average Bonchev–Trinajstić information content (AvgIpc) is 2.35. The highest BCUT2D eigenvalue weighted by Crippen LogP contribution is 2.38. The van der Waals surface area contributed by atoms with Crippen molar-refractivity contribution in [3.05, 3.63) is 50.1 Å². The number of nitrogens with zero attached hydrogens (tertiary/aromatic N) is 3. The van der Waals surface area contributed by atoms with Crippen LogP contribution < -0.4 is 4.74 Å². The van der Waals surface area contributed by atoms with Gasteiger partial charge in [0, 0.05) is 6.07 Å². The second-order valence-corrected chi connectivity index (χ2v) is 4.43. The maximum Gasteiger partial charge on any atom is 0.312 e. The molecule has 0 unspecified atom stereocenters. The minimum absolute atomic E-state index is 0.166. The van der Waals surface area contributed by atoms with Crippen LogP contribution in [0.3, 0.4) is 0 Å². The Kier molecular flexibility index (Phi) is 3.91. The lowest BCUT2D eigenvalue weighted by molar-refractivity contribution is -0.385. The zero-order valence-corrected chi connectivity index (χ0v) is 11.4. The van der Waals surface area contributed by atoms with Crippen LogP contribution in [-0.2, 0) is 0 Å². The third-order valence-electron chi connectivity index (χ3n) is 2.02. The number of hydrogen-bond acceptors (Lipinski definition) is 5. The SMILES string of the molecule is O=[N+]([O-])c1cccc(Br)c1Oc1nc(Cl)ncc1F. The number of aromatic nitrogens is 2. The van der Waals surface area contributed by atoms with Gasteiger partial charge in [0.05, 0.1) is 15.6 Å². The number of benzene rings is 1. The Hall–Kier alpha value is -1.80. The van der Waals surface area contributed by atoms with Gasteiger partial charge in [0.2, 0.25) is 16.9 Å².